The fraction of sp³-hybridized carbons (Fsp3) is 0.192. The van der Waals surface area contributed by atoms with Crippen LogP contribution in [0.3, 0.4) is 0 Å². The number of nitrogens with one attached hydrogen (secondary N) is 1. The first-order chi connectivity index (χ1) is 15.7. The molecule has 1 aliphatic rings. The first kappa shape index (κ1) is 20.5. The summed E-state index contributed by atoms with van der Waals surface area (Å²) in [6, 6.07) is 27.7. The molecule has 160 valence electrons. The third kappa shape index (κ3) is 4.60. The second-order valence-corrected chi connectivity index (χ2v) is 9.11. The number of aryl methyl sites for hydroxylation is 1. The van der Waals surface area contributed by atoms with Gasteiger partial charge in [0.15, 0.2) is 0 Å². The molecule has 3 aromatic carbocycles. The molecule has 5 rings (SSSR count). The van der Waals surface area contributed by atoms with Crippen LogP contribution in [0.5, 0.6) is 0 Å². The van der Waals surface area contributed by atoms with Crippen molar-refractivity contribution in [2.75, 3.05) is 5.32 Å². The van der Waals surface area contributed by atoms with Crippen LogP contribution >= 0.6 is 11.8 Å². The van der Waals surface area contributed by atoms with Gasteiger partial charge in [-0.2, -0.15) is 0 Å². The van der Waals surface area contributed by atoms with Crippen molar-refractivity contribution in [2.45, 2.75) is 36.1 Å². The van der Waals surface area contributed by atoms with E-state index in [2.05, 4.69) is 5.32 Å². The SMILES string of the molecule is Cc1ccc(NC(=O)C(Sc2nc(C3CC3)n(-c3ccccc3)n2)c2ccccc2)cc1. The van der Waals surface area contributed by atoms with Gasteiger partial charge in [-0.3, -0.25) is 4.79 Å². The molecule has 1 saturated carbocycles. The van der Waals surface area contributed by atoms with Crippen molar-refractivity contribution < 1.29 is 4.79 Å². The Morgan fingerprint density at radius 2 is 1.62 bits per heavy atom. The smallest absolute Gasteiger partial charge is 0.242 e. The molecule has 1 aromatic heterocycles. The van der Waals surface area contributed by atoms with Crippen LogP contribution in [0.15, 0.2) is 90.1 Å². The third-order valence-corrected chi connectivity index (χ3v) is 6.54. The Hall–Kier alpha value is -3.38. The van der Waals surface area contributed by atoms with Gasteiger partial charge in [-0.1, -0.05) is 78.0 Å². The number of nitrogens with zero attached hydrogens (tertiary/aromatic N) is 3. The first-order valence-corrected chi connectivity index (χ1v) is 11.7. The van der Waals surface area contributed by atoms with E-state index >= 15 is 0 Å². The second-order valence-electron chi connectivity index (χ2n) is 8.04. The lowest BCUT2D eigenvalue weighted by atomic mass is 10.1. The van der Waals surface area contributed by atoms with Crippen molar-refractivity contribution in [1.29, 1.82) is 0 Å². The van der Waals surface area contributed by atoms with E-state index in [1.165, 1.54) is 11.8 Å². The van der Waals surface area contributed by atoms with Crippen LogP contribution in [0.25, 0.3) is 5.69 Å². The molecule has 0 bridgehead atoms. The van der Waals surface area contributed by atoms with E-state index in [1.54, 1.807) is 0 Å². The largest absolute Gasteiger partial charge is 0.325 e. The lowest BCUT2D eigenvalue weighted by Crippen LogP contribution is -2.19. The molecule has 0 spiro atoms. The summed E-state index contributed by atoms with van der Waals surface area (Å²) in [5.74, 6) is 1.33. The molecule has 6 heteroatoms. The van der Waals surface area contributed by atoms with Gasteiger partial charge in [0.2, 0.25) is 11.1 Å². The molecule has 1 unspecified atom stereocenters. The predicted octanol–water partition coefficient (Wildman–Crippen LogP) is 5.93. The molecular formula is C26H24N4OS. The summed E-state index contributed by atoms with van der Waals surface area (Å²) >= 11 is 1.39. The van der Waals surface area contributed by atoms with Crippen LogP contribution < -0.4 is 5.32 Å². The molecule has 5 nitrogen and oxygen atoms in total. The Labute approximate surface area is 191 Å². The summed E-state index contributed by atoms with van der Waals surface area (Å²) in [5.41, 5.74) is 3.85. The molecule has 1 heterocycles. The molecule has 4 aromatic rings. The summed E-state index contributed by atoms with van der Waals surface area (Å²) in [6.07, 6.45) is 2.26. The first-order valence-electron chi connectivity index (χ1n) is 10.8. The highest BCUT2D eigenvalue weighted by atomic mass is 32.2. The van der Waals surface area contributed by atoms with E-state index in [0.29, 0.717) is 11.1 Å². The van der Waals surface area contributed by atoms with E-state index in [-0.39, 0.29) is 5.91 Å². The highest BCUT2D eigenvalue weighted by molar-refractivity contribution is 8.00. The van der Waals surface area contributed by atoms with Gasteiger partial charge in [-0.05, 0) is 49.6 Å². The normalized spacial score (nSPS) is 14.2. The minimum Gasteiger partial charge on any atom is -0.325 e. The summed E-state index contributed by atoms with van der Waals surface area (Å²) in [5, 5.41) is 8.00. The van der Waals surface area contributed by atoms with Gasteiger partial charge in [0, 0.05) is 11.6 Å². The molecule has 0 radical (unpaired) electrons. The number of para-hydroxylation sites is 1. The summed E-state index contributed by atoms with van der Waals surface area (Å²) in [6.45, 7) is 2.03. The standard InChI is InChI=1S/C26H24N4OS/c1-18-12-16-21(17-13-18)27-25(31)23(19-8-4-2-5-9-19)32-26-28-24(20-14-15-20)30(29-26)22-10-6-3-7-11-22/h2-13,16-17,20,23H,14-15H2,1H3,(H,27,31). The van der Waals surface area contributed by atoms with Crippen LogP contribution in [0, 0.1) is 6.92 Å². The zero-order chi connectivity index (χ0) is 21.9. The number of anilines is 1. The second kappa shape index (κ2) is 9.01. The predicted molar refractivity (Wildman–Crippen MR) is 128 cm³/mol. The van der Waals surface area contributed by atoms with Crippen molar-refractivity contribution >= 4 is 23.4 Å². The van der Waals surface area contributed by atoms with E-state index in [0.717, 1.165) is 41.2 Å². The van der Waals surface area contributed by atoms with Gasteiger partial charge < -0.3 is 5.32 Å². The number of amides is 1. The van der Waals surface area contributed by atoms with Crippen molar-refractivity contribution in [3.8, 4) is 5.69 Å². The van der Waals surface area contributed by atoms with E-state index in [4.69, 9.17) is 10.1 Å². The molecule has 0 saturated heterocycles. The fourth-order valence-electron chi connectivity index (χ4n) is 3.57. The Morgan fingerprint density at radius 1 is 0.969 bits per heavy atom. The third-order valence-electron chi connectivity index (χ3n) is 5.44. The molecule has 1 amide bonds. The quantitative estimate of drug-likeness (QED) is 0.362. The molecule has 32 heavy (non-hydrogen) atoms. The minimum absolute atomic E-state index is 0.0888. The maximum Gasteiger partial charge on any atom is 0.242 e. The topological polar surface area (TPSA) is 59.8 Å². The molecule has 1 atom stereocenters. The number of carbonyl (C=O) groups excluding carboxylic acids is 1. The van der Waals surface area contributed by atoms with Gasteiger partial charge in [0.1, 0.15) is 11.1 Å². The Morgan fingerprint density at radius 3 is 2.28 bits per heavy atom. The Kier molecular flexibility index (Phi) is 5.77. The Bertz CT molecular complexity index is 1200. The number of carbonyl (C=O) groups is 1. The van der Waals surface area contributed by atoms with E-state index in [1.807, 2.05) is 96.5 Å². The average molecular weight is 441 g/mol. The number of aromatic nitrogens is 3. The van der Waals surface area contributed by atoms with E-state index < -0.39 is 5.25 Å². The fourth-order valence-corrected chi connectivity index (χ4v) is 4.52. The number of benzene rings is 3. The zero-order valence-corrected chi connectivity index (χ0v) is 18.6. The molecule has 1 aliphatic carbocycles. The van der Waals surface area contributed by atoms with Crippen LogP contribution in [0.4, 0.5) is 5.69 Å². The van der Waals surface area contributed by atoms with Crippen molar-refractivity contribution in [1.82, 2.24) is 14.8 Å². The van der Waals surface area contributed by atoms with Gasteiger partial charge in [-0.15, -0.1) is 5.10 Å². The monoisotopic (exact) mass is 440 g/mol. The van der Waals surface area contributed by atoms with Crippen LogP contribution in [-0.2, 0) is 4.79 Å². The summed E-state index contributed by atoms with van der Waals surface area (Å²) in [4.78, 5) is 18.2. The summed E-state index contributed by atoms with van der Waals surface area (Å²) in [7, 11) is 0. The molecule has 1 N–H and O–H groups in total. The molecule has 1 fully saturated rings. The number of hydrogen-bond acceptors (Lipinski definition) is 4. The van der Waals surface area contributed by atoms with Crippen LogP contribution in [0.2, 0.25) is 0 Å². The van der Waals surface area contributed by atoms with Gasteiger partial charge in [0.25, 0.3) is 0 Å². The van der Waals surface area contributed by atoms with Crippen molar-refractivity contribution in [2.24, 2.45) is 0 Å². The zero-order valence-electron chi connectivity index (χ0n) is 17.8. The van der Waals surface area contributed by atoms with Crippen LogP contribution in [-0.4, -0.2) is 20.7 Å². The lowest BCUT2D eigenvalue weighted by molar-refractivity contribution is -0.115. The highest BCUT2D eigenvalue weighted by Gasteiger charge is 2.32. The minimum atomic E-state index is -0.462. The molecular weight excluding hydrogens is 416 g/mol. The van der Waals surface area contributed by atoms with Crippen molar-refractivity contribution in [3.05, 3.63) is 102 Å². The number of thioether (sulfide) groups is 1. The highest BCUT2D eigenvalue weighted by Crippen LogP contribution is 2.42. The van der Waals surface area contributed by atoms with Gasteiger partial charge in [-0.25, -0.2) is 9.67 Å². The maximum atomic E-state index is 13.3. The Balaban J connectivity index is 1.45. The average Bonchev–Trinajstić information content (AvgIpc) is 3.59. The van der Waals surface area contributed by atoms with Gasteiger partial charge in [0.05, 0.1) is 5.69 Å². The molecule has 0 aliphatic heterocycles. The van der Waals surface area contributed by atoms with Gasteiger partial charge >= 0.3 is 0 Å². The van der Waals surface area contributed by atoms with Crippen molar-refractivity contribution in [3.63, 3.8) is 0 Å². The maximum absolute atomic E-state index is 13.3. The summed E-state index contributed by atoms with van der Waals surface area (Å²) < 4.78 is 1.93. The number of rotatable bonds is 7. The van der Waals surface area contributed by atoms with Crippen LogP contribution in [0.1, 0.15) is 41.0 Å². The lowest BCUT2D eigenvalue weighted by Gasteiger charge is -2.15. The number of hydrogen-bond donors (Lipinski definition) is 1. The van der Waals surface area contributed by atoms with E-state index in [9.17, 15) is 4.79 Å².